The van der Waals surface area contributed by atoms with Crippen molar-refractivity contribution in [3.63, 3.8) is 0 Å². The summed E-state index contributed by atoms with van der Waals surface area (Å²) >= 11 is 5.75. The molecular formula is C11H17ClN2O. The summed E-state index contributed by atoms with van der Waals surface area (Å²) < 4.78 is 0. The molecule has 1 atom stereocenters. The monoisotopic (exact) mass is 228 g/mol. The van der Waals surface area contributed by atoms with Gasteiger partial charge in [0.05, 0.1) is 12.0 Å². The van der Waals surface area contributed by atoms with Gasteiger partial charge in [-0.2, -0.15) is 0 Å². The van der Waals surface area contributed by atoms with E-state index in [2.05, 4.69) is 0 Å². The molecule has 0 bridgehead atoms. The van der Waals surface area contributed by atoms with E-state index in [0.717, 1.165) is 38.1 Å². The Hall–Kier alpha value is -0.570. The summed E-state index contributed by atoms with van der Waals surface area (Å²) in [6.45, 7) is 2.89. The first-order valence-electron chi connectivity index (χ1n) is 5.60. The van der Waals surface area contributed by atoms with Crippen molar-refractivity contribution in [2.24, 2.45) is 4.99 Å². The van der Waals surface area contributed by atoms with Crippen molar-refractivity contribution in [2.75, 3.05) is 12.4 Å². The average molecular weight is 229 g/mol. The molecule has 1 saturated heterocycles. The third kappa shape index (κ3) is 2.17. The van der Waals surface area contributed by atoms with E-state index in [1.165, 1.54) is 0 Å². The normalized spacial score (nSPS) is 31.2. The van der Waals surface area contributed by atoms with E-state index in [1.807, 2.05) is 11.8 Å². The highest BCUT2D eigenvalue weighted by Gasteiger charge is 2.36. The van der Waals surface area contributed by atoms with Gasteiger partial charge < -0.3 is 4.90 Å². The number of aliphatic imine (C=N–C) groups is 1. The van der Waals surface area contributed by atoms with Crippen LogP contribution in [0.5, 0.6) is 0 Å². The number of amidine groups is 1. The summed E-state index contributed by atoms with van der Waals surface area (Å²) in [6.07, 6.45) is 4.51. The molecule has 2 heterocycles. The lowest BCUT2D eigenvalue weighted by atomic mass is 9.91. The number of carbonyl (C=O) groups is 1. The summed E-state index contributed by atoms with van der Waals surface area (Å²) in [6, 6.07) is 0. The Labute approximate surface area is 95.5 Å². The molecule has 0 aliphatic carbocycles. The number of halogens is 1. The van der Waals surface area contributed by atoms with Crippen LogP contribution in [0.25, 0.3) is 0 Å². The lowest BCUT2D eigenvalue weighted by molar-refractivity contribution is -0.129. The van der Waals surface area contributed by atoms with Gasteiger partial charge >= 0.3 is 0 Å². The second-order valence-corrected chi connectivity index (χ2v) is 5.02. The van der Waals surface area contributed by atoms with Crippen LogP contribution in [0.4, 0.5) is 0 Å². The molecule has 0 N–H and O–H groups in total. The molecule has 1 fully saturated rings. The van der Waals surface area contributed by atoms with Crippen molar-refractivity contribution in [1.29, 1.82) is 0 Å². The van der Waals surface area contributed by atoms with Gasteiger partial charge in [-0.25, -0.2) is 0 Å². The lowest BCUT2D eigenvalue weighted by Gasteiger charge is -2.38. The number of hydrogen-bond donors (Lipinski definition) is 0. The summed E-state index contributed by atoms with van der Waals surface area (Å²) in [5.41, 5.74) is -0.248. The topological polar surface area (TPSA) is 32.7 Å². The fourth-order valence-electron chi connectivity index (χ4n) is 2.32. The van der Waals surface area contributed by atoms with Crippen molar-refractivity contribution < 1.29 is 4.79 Å². The van der Waals surface area contributed by atoms with Crippen molar-refractivity contribution >= 4 is 23.3 Å². The third-order valence-electron chi connectivity index (χ3n) is 3.21. The van der Waals surface area contributed by atoms with E-state index < -0.39 is 0 Å². The predicted octanol–water partition coefficient (Wildman–Crippen LogP) is 2.19. The van der Waals surface area contributed by atoms with Crippen molar-refractivity contribution in [1.82, 2.24) is 4.90 Å². The zero-order valence-electron chi connectivity index (χ0n) is 9.13. The number of nitrogens with zero attached hydrogens (tertiary/aromatic N) is 2. The van der Waals surface area contributed by atoms with E-state index in [-0.39, 0.29) is 11.4 Å². The second-order valence-electron chi connectivity index (χ2n) is 4.64. The SMILES string of the molecule is CC1(CCCl)CC(=O)N2CCCCC2=N1. The maximum Gasteiger partial charge on any atom is 0.230 e. The van der Waals surface area contributed by atoms with Gasteiger partial charge in [0, 0.05) is 18.8 Å². The number of piperidine rings is 1. The molecule has 3 nitrogen and oxygen atoms in total. The minimum absolute atomic E-state index is 0.229. The van der Waals surface area contributed by atoms with Crippen molar-refractivity contribution in [2.45, 2.75) is 44.6 Å². The first-order valence-corrected chi connectivity index (χ1v) is 6.13. The molecule has 1 unspecified atom stereocenters. The van der Waals surface area contributed by atoms with Crippen LogP contribution < -0.4 is 0 Å². The van der Waals surface area contributed by atoms with E-state index >= 15 is 0 Å². The Kier molecular flexibility index (Phi) is 3.01. The lowest BCUT2D eigenvalue weighted by Crippen LogP contribution is -2.49. The van der Waals surface area contributed by atoms with Crippen LogP contribution in [0.1, 0.15) is 39.0 Å². The van der Waals surface area contributed by atoms with E-state index in [9.17, 15) is 4.79 Å². The number of amides is 1. The first kappa shape index (κ1) is 10.9. The largest absolute Gasteiger partial charge is 0.301 e. The molecule has 0 spiro atoms. The molecule has 2 rings (SSSR count). The second kappa shape index (κ2) is 4.12. The molecule has 0 aromatic rings. The minimum Gasteiger partial charge on any atom is -0.301 e. The van der Waals surface area contributed by atoms with Gasteiger partial charge in [0.2, 0.25) is 5.91 Å². The highest BCUT2D eigenvalue weighted by molar-refractivity contribution is 6.18. The smallest absolute Gasteiger partial charge is 0.230 e. The first-order chi connectivity index (χ1) is 7.14. The minimum atomic E-state index is -0.248. The predicted molar refractivity (Wildman–Crippen MR) is 61.4 cm³/mol. The maximum absolute atomic E-state index is 11.9. The zero-order chi connectivity index (χ0) is 10.9. The molecule has 2 aliphatic rings. The average Bonchev–Trinajstić information content (AvgIpc) is 2.17. The van der Waals surface area contributed by atoms with Gasteiger partial charge in [0.25, 0.3) is 0 Å². The Balaban J connectivity index is 2.22. The van der Waals surface area contributed by atoms with Gasteiger partial charge in [0.1, 0.15) is 5.84 Å². The molecule has 4 heteroatoms. The summed E-state index contributed by atoms with van der Waals surface area (Å²) in [5.74, 6) is 1.79. The molecular weight excluding hydrogens is 212 g/mol. The van der Waals surface area contributed by atoms with Crippen LogP contribution >= 0.6 is 11.6 Å². The number of fused-ring (bicyclic) bond motifs is 1. The standard InChI is InChI=1S/C11H17ClN2O/c1-11(5-6-12)8-10(15)14-7-3-2-4-9(14)13-11/h2-8H2,1H3. The summed E-state index contributed by atoms with van der Waals surface area (Å²) in [4.78, 5) is 18.5. The summed E-state index contributed by atoms with van der Waals surface area (Å²) in [5, 5.41) is 0. The van der Waals surface area contributed by atoms with E-state index in [0.29, 0.717) is 12.3 Å². The van der Waals surface area contributed by atoms with Crippen LogP contribution in [0.2, 0.25) is 0 Å². The summed E-state index contributed by atoms with van der Waals surface area (Å²) in [7, 11) is 0. The fraction of sp³-hybridized carbons (Fsp3) is 0.818. The maximum atomic E-state index is 11.9. The van der Waals surface area contributed by atoms with Crippen LogP contribution in [0, 0.1) is 0 Å². The van der Waals surface area contributed by atoms with Crippen molar-refractivity contribution in [3.8, 4) is 0 Å². The molecule has 0 saturated carbocycles. The molecule has 1 amide bonds. The highest BCUT2D eigenvalue weighted by atomic mass is 35.5. The van der Waals surface area contributed by atoms with Crippen LogP contribution in [0.15, 0.2) is 4.99 Å². The molecule has 0 aromatic heterocycles. The van der Waals surface area contributed by atoms with Crippen LogP contribution in [-0.2, 0) is 4.79 Å². The Morgan fingerprint density at radius 1 is 1.53 bits per heavy atom. The molecule has 15 heavy (non-hydrogen) atoms. The van der Waals surface area contributed by atoms with Gasteiger partial charge in [-0.05, 0) is 26.2 Å². The van der Waals surface area contributed by atoms with Crippen LogP contribution in [-0.4, -0.2) is 34.6 Å². The van der Waals surface area contributed by atoms with Gasteiger partial charge in [-0.1, -0.05) is 0 Å². The quantitative estimate of drug-likeness (QED) is 0.667. The van der Waals surface area contributed by atoms with E-state index in [1.54, 1.807) is 0 Å². The van der Waals surface area contributed by atoms with Gasteiger partial charge in [-0.3, -0.25) is 9.79 Å². The number of alkyl halides is 1. The molecule has 84 valence electrons. The molecule has 2 aliphatic heterocycles. The molecule has 0 radical (unpaired) electrons. The zero-order valence-corrected chi connectivity index (χ0v) is 9.89. The number of carbonyl (C=O) groups excluding carboxylic acids is 1. The third-order valence-corrected chi connectivity index (χ3v) is 3.40. The fourth-order valence-corrected chi connectivity index (χ4v) is 2.73. The Bertz CT molecular complexity index is 303. The molecule has 0 aromatic carbocycles. The number of hydrogen-bond acceptors (Lipinski definition) is 2. The Morgan fingerprint density at radius 2 is 2.33 bits per heavy atom. The van der Waals surface area contributed by atoms with Crippen molar-refractivity contribution in [3.05, 3.63) is 0 Å². The highest BCUT2D eigenvalue weighted by Crippen LogP contribution is 2.29. The van der Waals surface area contributed by atoms with Gasteiger partial charge in [-0.15, -0.1) is 11.6 Å². The van der Waals surface area contributed by atoms with E-state index in [4.69, 9.17) is 16.6 Å². The number of rotatable bonds is 2. The van der Waals surface area contributed by atoms with Crippen LogP contribution in [0.3, 0.4) is 0 Å². The van der Waals surface area contributed by atoms with Gasteiger partial charge in [0.15, 0.2) is 0 Å². The Morgan fingerprint density at radius 3 is 3.07 bits per heavy atom.